The van der Waals surface area contributed by atoms with Gasteiger partial charge in [0.1, 0.15) is 0 Å². The maximum absolute atomic E-state index is 10.4. The highest BCUT2D eigenvalue weighted by Crippen LogP contribution is 2.36. The van der Waals surface area contributed by atoms with Crippen LogP contribution in [-0.4, -0.2) is 26.3 Å². The van der Waals surface area contributed by atoms with Crippen molar-refractivity contribution in [3.63, 3.8) is 0 Å². The van der Waals surface area contributed by atoms with E-state index in [-0.39, 0.29) is 0 Å². The van der Waals surface area contributed by atoms with E-state index in [1.807, 2.05) is 0 Å². The number of nitrogens with zero attached hydrogens (tertiary/aromatic N) is 1. The first kappa shape index (κ1) is 9.53. The molecular formula is C4H9NO4P+. The molecule has 0 aromatic carbocycles. The molecule has 0 saturated heterocycles. The van der Waals surface area contributed by atoms with Gasteiger partial charge in [0.05, 0.1) is 0 Å². The fourth-order valence-corrected chi connectivity index (χ4v) is 1.17. The Morgan fingerprint density at radius 1 is 1.50 bits per heavy atom. The van der Waals surface area contributed by atoms with Gasteiger partial charge >= 0.3 is 13.8 Å². The van der Waals surface area contributed by atoms with Gasteiger partial charge in [-0.2, -0.15) is 9.36 Å². The van der Waals surface area contributed by atoms with Crippen molar-refractivity contribution in [1.82, 2.24) is 0 Å². The molecule has 0 aliphatic carbocycles. The smallest absolute Gasteiger partial charge is 0.270 e. The van der Waals surface area contributed by atoms with Gasteiger partial charge in [0.25, 0.3) is 0 Å². The molecule has 0 fully saturated rings. The molecule has 0 atom stereocenters. The molecule has 0 rings (SSSR count). The maximum Gasteiger partial charge on any atom is 0.614 e. The number of isocyanates is 1. The van der Waals surface area contributed by atoms with E-state index in [4.69, 9.17) is 9.79 Å². The minimum Gasteiger partial charge on any atom is -0.270 e. The standard InChI is InChI=1S/C4H8NO4P/c1-4(2)5(3-6)10(7,8)9/h4H,1-2H3,(H-,7,8,9)/p+1. The topological polar surface area (TPSA) is 77.6 Å². The quantitative estimate of drug-likeness (QED) is 0.339. The van der Waals surface area contributed by atoms with Crippen molar-refractivity contribution in [1.29, 1.82) is 0 Å². The first-order valence-electron chi connectivity index (χ1n) is 2.62. The normalized spacial score (nSPS) is 11.3. The molecule has 0 amide bonds. The van der Waals surface area contributed by atoms with Crippen LogP contribution in [0.15, 0.2) is 0 Å². The summed E-state index contributed by atoms with van der Waals surface area (Å²) in [5.74, 6) is 0. The Kier molecular flexibility index (Phi) is 2.94. The Morgan fingerprint density at radius 2 is 1.90 bits per heavy atom. The molecule has 0 spiro atoms. The van der Waals surface area contributed by atoms with Gasteiger partial charge in [-0.05, 0) is 13.8 Å². The summed E-state index contributed by atoms with van der Waals surface area (Å²) in [5.41, 5.74) is 0. The van der Waals surface area contributed by atoms with Crippen molar-refractivity contribution in [3.8, 4) is 0 Å². The lowest BCUT2D eigenvalue weighted by molar-refractivity contribution is -0.430. The van der Waals surface area contributed by atoms with Crippen LogP contribution in [0.2, 0.25) is 0 Å². The second-order valence-corrected chi connectivity index (χ2v) is 3.50. The lowest BCUT2D eigenvalue weighted by Crippen LogP contribution is -2.16. The summed E-state index contributed by atoms with van der Waals surface area (Å²) in [5, 5.41) is 0. The van der Waals surface area contributed by atoms with Crippen LogP contribution in [0, 0.1) is 0 Å². The van der Waals surface area contributed by atoms with Gasteiger partial charge in [-0.1, -0.05) is 4.35 Å². The predicted octanol–water partition coefficient (Wildman–Crippen LogP) is -0.164. The third-order valence-electron chi connectivity index (χ3n) is 0.863. The fraction of sp³-hybridized carbons (Fsp3) is 0.750. The van der Waals surface area contributed by atoms with Gasteiger partial charge in [-0.3, -0.25) is 9.79 Å². The summed E-state index contributed by atoms with van der Waals surface area (Å²) in [7, 11) is -4.42. The second kappa shape index (κ2) is 3.08. The molecule has 0 unspecified atom stereocenters. The van der Waals surface area contributed by atoms with Gasteiger partial charge in [0, 0.05) is 0 Å². The van der Waals surface area contributed by atoms with E-state index in [0.717, 1.165) is 6.08 Å². The highest BCUT2D eigenvalue weighted by molar-refractivity contribution is 7.44. The highest BCUT2D eigenvalue weighted by atomic mass is 31.2. The zero-order valence-corrected chi connectivity index (χ0v) is 6.58. The minimum absolute atomic E-state index is 0.340. The van der Waals surface area contributed by atoms with E-state index in [1.165, 1.54) is 13.8 Å². The number of rotatable bonds is 2. The van der Waals surface area contributed by atoms with Crippen molar-refractivity contribution in [2.75, 3.05) is 0 Å². The molecule has 0 aliphatic rings. The Hall–Kier alpha value is -0.470. The summed E-state index contributed by atoms with van der Waals surface area (Å²) in [4.78, 5) is 26.7. The third-order valence-corrected chi connectivity index (χ3v) is 1.97. The predicted molar refractivity (Wildman–Crippen MR) is 33.1 cm³/mol. The zero-order valence-electron chi connectivity index (χ0n) is 5.68. The molecule has 2 N–H and O–H groups in total. The van der Waals surface area contributed by atoms with Gasteiger partial charge in [-0.25, -0.2) is 0 Å². The first-order chi connectivity index (χ1) is 4.39. The fourth-order valence-electron chi connectivity index (χ4n) is 0.459. The van der Waals surface area contributed by atoms with Crippen molar-refractivity contribution >= 4 is 13.8 Å². The molecule has 0 bridgehead atoms. The van der Waals surface area contributed by atoms with Gasteiger partial charge in [-0.15, -0.1) is 0 Å². The maximum atomic E-state index is 10.4. The van der Waals surface area contributed by atoms with Crippen molar-refractivity contribution < 1.29 is 23.5 Å². The third kappa shape index (κ3) is 2.42. The summed E-state index contributed by atoms with van der Waals surface area (Å²) in [6.07, 6.45) is 1.16. The average molecular weight is 166 g/mol. The van der Waals surface area contributed by atoms with Crippen LogP contribution in [0.25, 0.3) is 0 Å². The van der Waals surface area contributed by atoms with Gasteiger partial charge < -0.3 is 0 Å². The van der Waals surface area contributed by atoms with Crippen molar-refractivity contribution in [2.45, 2.75) is 19.9 Å². The van der Waals surface area contributed by atoms with E-state index in [1.54, 1.807) is 0 Å². The first-order valence-corrected chi connectivity index (χ1v) is 4.19. The van der Waals surface area contributed by atoms with Crippen molar-refractivity contribution in [3.05, 3.63) is 0 Å². The van der Waals surface area contributed by atoms with E-state index >= 15 is 0 Å². The SMILES string of the molecule is CC(C)[N+](=C=O)P(=O)(O)O. The molecule has 0 aromatic rings. The van der Waals surface area contributed by atoms with E-state index in [0.29, 0.717) is 4.35 Å². The zero-order chi connectivity index (χ0) is 8.36. The number of carbonyl (C=O) groups excluding carboxylic acids is 1. The highest BCUT2D eigenvalue weighted by Gasteiger charge is 2.34. The Bertz CT molecular complexity index is 211. The molecule has 0 aromatic heterocycles. The van der Waals surface area contributed by atoms with Gasteiger partial charge in [0.2, 0.25) is 0 Å². The molecule has 0 heterocycles. The molecule has 58 valence electrons. The van der Waals surface area contributed by atoms with Crippen molar-refractivity contribution in [2.24, 2.45) is 0 Å². The molecule has 10 heavy (non-hydrogen) atoms. The Balaban J connectivity index is 4.75. The van der Waals surface area contributed by atoms with Crippen LogP contribution in [-0.2, 0) is 9.36 Å². The largest absolute Gasteiger partial charge is 0.614 e. The molecule has 6 heteroatoms. The molecule has 5 nitrogen and oxygen atoms in total. The van der Waals surface area contributed by atoms with E-state index in [2.05, 4.69) is 0 Å². The van der Waals surface area contributed by atoms with Crippen LogP contribution in [0.1, 0.15) is 13.8 Å². The molecule has 0 aliphatic heterocycles. The minimum atomic E-state index is -4.42. The van der Waals surface area contributed by atoms with Crippen LogP contribution in [0.5, 0.6) is 0 Å². The Labute approximate surface area is 58.2 Å². The van der Waals surface area contributed by atoms with E-state index in [9.17, 15) is 9.36 Å². The summed E-state index contributed by atoms with van der Waals surface area (Å²) >= 11 is 0. The van der Waals surface area contributed by atoms with Crippen LogP contribution >= 0.6 is 7.75 Å². The average Bonchev–Trinajstić information content (AvgIpc) is 1.60. The number of hydrogen-bond acceptors (Lipinski definition) is 2. The number of hydrogen-bond donors (Lipinski definition) is 2. The molecular weight excluding hydrogens is 157 g/mol. The Morgan fingerprint density at radius 3 is 1.90 bits per heavy atom. The summed E-state index contributed by atoms with van der Waals surface area (Å²) in [6, 6.07) is -0.529. The molecule has 0 radical (unpaired) electrons. The van der Waals surface area contributed by atoms with E-state index < -0.39 is 13.8 Å². The second-order valence-electron chi connectivity index (χ2n) is 2.04. The van der Waals surface area contributed by atoms with Crippen LogP contribution in [0.4, 0.5) is 0 Å². The summed E-state index contributed by atoms with van der Waals surface area (Å²) in [6.45, 7) is 2.98. The lowest BCUT2D eigenvalue weighted by Gasteiger charge is -2.00. The lowest BCUT2D eigenvalue weighted by atomic mass is 10.4. The van der Waals surface area contributed by atoms with Crippen LogP contribution < -0.4 is 0 Å². The van der Waals surface area contributed by atoms with Crippen LogP contribution in [0.3, 0.4) is 0 Å². The summed E-state index contributed by atoms with van der Waals surface area (Å²) < 4.78 is 10.7. The van der Waals surface area contributed by atoms with Gasteiger partial charge in [0.15, 0.2) is 6.04 Å². The monoisotopic (exact) mass is 166 g/mol. The molecule has 0 saturated carbocycles.